The fraction of sp³-hybridized carbons (Fsp3) is 0.857. The third-order valence-electron chi connectivity index (χ3n) is 1.86. The summed E-state index contributed by atoms with van der Waals surface area (Å²) >= 11 is 4.99. The SMILES string of the molecule is CNC(=S)NC1(C)CCOC1. The van der Waals surface area contributed by atoms with E-state index in [1.807, 2.05) is 7.05 Å². The van der Waals surface area contributed by atoms with Gasteiger partial charge in [-0.3, -0.25) is 0 Å². The molecule has 64 valence electrons. The molecule has 0 radical (unpaired) electrons. The van der Waals surface area contributed by atoms with Gasteiger partial charge < -0.3 is 15.4 Å². The average molecular weight is 174 g/mol. The Kier molecular flexibility index (Phi) is 2.67. The van der Waals surface area contributed by atoms with Crippen LogP contribution < -0.4 is 10.6 Å². The van der Waals surface area contributed by atoms with Crippen LogP contribution in [-0.2, 0) is 4.74 Å². The minimum atomic E-state index is 0.0418. The minimum Gasteiger partial charge on any atom is -0.379 e. The Bertz CT molecular complexity index is 155. The molecular formula is C7H14N2OS. The van der Waals surface area contributed by atoms with Crippen LogP contribution in [0.15, 0.2) is 0 Å². The van der Waals surface area contributed by atoms with E-state index in [0.29, 0.717) is 5.11 Å². The summed E-state index contributed by atoms with van der Waals surface area (Å²) in [5.74, 6) is 0. The highest BCUT2D eigenvalue weighted by Gasteiger charge is 2.29. The molecule has 1 saturated heterocycles. The summed E-state index contributed by atoms with van der Waals surface area (Å²) < 4.78 is 5.26. The minimum absolute atomic E-state index is 0.0418. The van der Waals surface area contributed by atoms with Gasteiger partial charge in [0, 0.05) is 13.7 Å². The van der Waals surface area contributed by atoms with Crippen molar-refractivity contribution in [2.75, 3.05) is 20.3 Å². The topological polar surface area (TPSA) is 33.3 Å². The summed E-state index contributed by atoms with van der Waals surface area (Å²) in [6.45, 7) is 3.69. The molecule has 4 heteroatoms. The Labute approximate surface area is 72.5 Å². The van der Waals surface area contributed by atoms with Gasteiger partial charge in [0.25, 0.3) is 0 Å². The molecule has 0 saturated carbocycles. The highest BCUT2D eigenvalue weighted by molar-refractivity contribution is 7.80. The lowest BCUT2D eigenvalue weighted by atomic mass is 10.0. The van der Waals surface area contributed by atoms with Gasteiger partial charge in [0.05, 0.1) is 12.1 Å². The highest BCUT2D eigenvalue weighted by atomic mass is 32.1. The Morgan fingerprint density at radius 2 is 2.36 bits per heavy atom. The van der Waals surface area contributed by atoms with Crippen molar-refractivity contribution in [2.45, 2.75) is 18.9 Å². The summed E-state index contributed by atoms with van der Waals surface area (Å²) in [5, 5.41) is 6.77. The van der Waals surface area contributed by atoms with Gasteiger partial charge in [-0.1, -0.05) is 0 Å². The lowest BCUT2D eigenvalue weighted by Gasteiger charge is -2.24. The number of thiocarbonyl (C=S) groups is 1. The second-order valence-corrected chi connectivity index (χ2v) is 3.48. The van der Waals surface area contributed by atoms with Crippen LogP contribution in [0.25, 0.3) is 0 Å². The summed E-state index contributed by atoms with van der Waals surface area (Å²) in [5.41, 5.74) is 0.0418. The maximum absolute atomic E-state index is 5.26. The van der Waals surface area contributed by atoms with Gasteiger partial charge in [0.15, 0.2) is 5.11 Å². The van der Waals surface area contributed by atoms with E-state index in [9.17, 15) is 0 Å². The van der Waals surface area contributed by atoms with E-state index in [-0.39, 0.29) is 5.54 Å². The molecule has 0 aromatic carbocycles. The zero-order valence-electron chi connectivity index (χ0n) is 6.94. The molecule has 0 amide bonds. The van der Waals surface area contributed by atoms with E-state index in [1.165, 1.54) is 0 Å². The number of rotatable bonds is 1. The first-order valence-corrected chi connectivity index (χ1v) is 4.15. The summed E-state index contributed by atoms with van der Waals surface area (Å²) in [4.78, 5) is 0. The fourth-order valence-corrected chi connectivity index (χ4v) is 1.35. The van der Waals surface area contributed by atoms with Gasteiger partial charge in [-0.25, -0.2) is 0 Å². The van der Waals surface area contributed by atoms with Crippen molar-refractivity contribution in [1.29, 1.82) is 0 Å². The molecule has 0 aromatic rings. The number of ether oxygens (including phenoxy) is 1. The van der Waals surface area contributed by atoms with Gasteiger partial charge in [-0.2, -0.15) is 0 Å². The second kappa shape index (κ2) is 3.36. The van der Waals surface area contributed by atoms with Crippen molar-refractivity contribution in [1.82, 2.24) is 10.6 Å². The predicted molar refractivity (Wildman–Crippen MR) is 48.6 cm³/mol. The molecule has 1 rings (SSSR count). The summed E-state index contributed by atoms with van der Waals surface area (Å²) in [6, 6.07) is 0. The molecule has 1 heterocycles. The Morgan fingerprint density at radius 3 is 2.82 bits per heavy atom. The third-order valence-corrected chi connectivity index (χ3v) is 2.17. The molecule has 0 aromatic heterocycles. The Morgan fingerprint density at radius 1 is 1.64 bits per heavy atom. The lowest BCUT2D eigenvalue weighted by Crippen LogP contribution is -2.49. The van der Waals surface area contributed by atoms with Crippen molar-refractivity contribution in [3.05, 3.63) is 0 Å². The monoisotopic (exact) mass is 174 g/mol. The van der Waals surface area contributed by atoms with E-state index in [1.54, 1.807) is 0 Å². The van der Waals surface area contributed by atoms with Crippen molar-refractivity contribution < 1.29 is 4.74 Å². The van der Waals surface area contributed by atoms with Crippen LogP contribution in [0.1, 0.15) is 13.3 Å². The van der Waals surface area contributed by atoms with Gasteiger partial charge >= 0.3 is 0 Å². The zero-order valence-corrected chi connectivity index (χ0v) is 7.75. The molecule has 1 aliphatic rings. The first-order chi connectivity index (χ1) is 5.16. The first kappa shape index (κ1) is 8.74. The molecule has 1 aliphatic heterocycles. The van der Waals surface area contributed by atoms with Gasteiger partial charge in [0.1, 0.15) is 0 Å². The number of hydrogen-bond donors (Lipinski definition) is 2. The predicted octanol–water partition coefficient (Wildman–Crippen LogP) is 0.259. The van der Waals surface area contributed by atoms with Crippen molar-refractivity contribution in [3.63, 3.8) is 0 Å². The first-order valence-electron chi connectivity index (χ1n) is 3.74. The van der Waals surface area contributed by atoms with E-state index in [0.717, 1.165) is 19.6 Å². The molecular weight excluding hydrogens is 160 g/mol. The quantitative estimate of drug-likeness (QED) is 0.559. The van der Waals surface area contributed by atoms with Gasteiger partial charge in [0.2, 0.25) is 0 Å². The van der Waals surface area contributed by atoms with Crippen molar-refractivity contribution >= 4 is 17.3 Å². The highest BCUT2D eigenvalue weighted by Crippen LogP contribution is 2.16. The summed E-state index contributed by atoms with van der Waals surface area (Å²) in [7, 11) is 1.81. The largest absolute Gasteiger partial charge is 0.379 e. The molecule has 11 heavy (non-hydrogen) atoms. The van der Waals surface area contributed by atoms with Gasteiger partial charge in [-0.15, -0.1) is 0 Å². The van der Waals surface area contributed by atoms with E-state index >= 15 is 0 Å². The van der Waals surface area contributed by atoms with Crippen LogP contribution in [0, 0.1) is 0 Å². The molecule has 0 bridgehead atoms. The molecule has 3 nitrogen and oxygen atoms in total. The summed E-state index contributed by atoms with van der Waals surface area (Å²) in [6.07, 6.45) is 1.02. The zero-order chi connectivity index (χ0) is 8.32. The number of hydrogen-bond acceptors (Lipinski definition) is 2. The normalized spacial score (nSPS) is 30.0. The number of nitrogens with one attached hydrogen (secondary N) is 2. The Balaban J connectivity index is 2.39. The van der Waals surface area contributed by atoms with E-state index < -0.39 is 0 Å². The maximum atomic E-state index is 5.26. The van der Waals surface area contributed by atoms with Crippen LogP contribution in [0.4, 0.5) is 0 Å². The molecule has 2 N–H and O–H groups in total. The molecule has 1 unspecified atom stereocenters. The Hall–Kier alpha value is -0.350. The van der Waals surface area contributed by atoms with Gasteiger partial charge in [-0.05, 0) is 25.6 Å². The second-order valence-electron chi connectivity index (χ2n) is 3.07. The average Bonchev–Trinajstić information content (AvgIpc) is 2.36. The van der Waals surface area contributed by atoms with E-state index in [2.05, 4.69) is 17.6 Å². The van der Waals surface area contributed by atoms with Crippen LogP contribution >= 0.6 is 12.2 Å². The molecule has 0 spiro atoms. The standard InChI is InChI=1S/C7H14N2OS/c1-7(3-4-10-5-7)9-6(11)8-2/h3-5H2,1-2H3,(H2,8,9,11). The third kappa shape index (κ3) is 2.31. The van der Waals surface area contributed by atoms with Crippen LogP contribution in [-0.4, -0.2) is 30.9 Å². The molecule has 1 fully saturated rings. The molecule has 1 atom stereocenters. The maximum Gasteiger partial charge on any atom is 0.166 e. The van der Waals surface area contributed by atoms with Crippen LogP contribution in [0.2, 0.25) is 0 Å². The van der Waals surface area contributed by atoms with Crippen molar-refractivity contribution in [2.24, 2.45) is 0 Å². The van der Waals surface area contributed by atoms with Crippen LogP contribution in [0.3, 0.4) is 0 Å². The lowest BCUT2D eigenvalue weighted by molar-refractivity contribution is 0.177. The molecule has 0 aliphatic carbocycles. The van der Waals surface area contributed by atoms with Crippen LogP contribution in [0.5, 0.6) is 0 Å². The van der Waals surface area contributed by atoms with Crippen molar-refractivity contribution in [3.8, 4) is 0 Å². The fourth-order valence-electron chi connectivity index (χ4n) is 1.10. The van der Waals surface area contributed by atoms with E-state index in [4.69, 9.17) is 17.0 Å². The smallest absolute Gasteiger partial charge is 0.166 e.